The first-order valence-electron chi connectivity index (χ1n) is 8.96. The van der Waals surface area contributed by atoms with Crippen molar-refractivity contribution in [2.75, 3.05) is 6.61 Å². The number of benzene rings is 1. The van der Waals surface area contributed by atoms with Gasteiger partial charge >= 0.3 is 5.97 Å². The minimum absolute atomic E-state index is 0.173. The molecule has 3 atom stereocenters. The highest BCUT2D eigenvalue weighted by molar-refractivity contribution is 5.79. The zero-order chi connectivity index (χ0) is 17.6. The number of hydrogen-bond acceptors (Lipinski definition) is 4. The summed E-state index contributed by atoms with van der Waals surface area (Å²) < 4.78 is 11.5. The number of carbonyl (C=O) groups is 1. The second-order valence-electron chi connectivity index (χ2n) is 7.34. The summed E-state index contributed by atoms with van der Waals surface area (Å²) in [7, 11) is 0. The van der Waals surface area contributed by atoms with Crippen molar-refractivity contribution in [3.63, 3.8) is 0 Å². The van der Waals surface area contributed by atoms with Crippen LogP contribution in [0.25, 0.3) is 0 Å². The average Bonchev–Trinajstić information content (AvgIpc) is 2.53. The van der Waals surface area contributed by atoms with E-state index in [9.17, 15) is 9.90 Å². The first kappa shape index (κ1) is 18.9. The lowest BCUT2D eigenvalue weighted by molar-refractivity contribution is -0.176. The van der Waals surface area contributed by atoms with Gasteiger partial charge in [-0.2, -0.15) is 0 Å². The van der Waals surface area contributed by atoms with Crippen LogP contribution in [0.5, 0.6) is 0 Å². The second kappa shape index (κ2) is 8.63. The van der Waals surface area contributed by atoms with Crippen molar-refractivity contribution >= 4 is 5.97 Å². The van der Waals surface area contributed by atoms with Gasteiger partial charge in [-0.05, 0) is 51.5 Å². The van der Waals surface area contributed by atoms with Crippen molar-refractivity contribution in [1.82, 2.24) is 0 Å². The van der Waals surface area contributed by atoms with Crippen molar-refractivity contribution in [3.8, 4) is 0 Å². The van der Waals surface area contributed by atoms with Gasteiger partial charge in [0.05, 0.1) is 18.8 Å². The van der Waals surface area contributed by atoms with Gasteiger partial charge in [0.15, 0.2) is 5.60 Å². The van der Waals surface area contributed by atoms with E-state index in [1.165, 1.54) is 0 Å². The van der Waals surface area contributed by atoms with Crippen molar-refractivity contribution in [3.05, 3.63) is 35.9 Å². The van der Waals surface area contributed by atoms with Gasteiger partial charge in [0.2, 0.25) is 0 Å². The second-order valence-corrected chi connectivity index (χ2v) is 7.34. The molecule has 24 heavy (non-hydrogen) atoms. The van der Waals surface area contributed by atoms with Gasteiger partial charge in [-0.1, -0.05) is 36.8 Å². The molecule has 0 saturated heterocycles. The average molecular weight is 334 g/mol. The summed E-state index contributed by atoms with van der Waals surface area (Å²) in [6.07, 6.45) is 3.74. The lowest BCUT2D eigenvalue weighted by Gasteiger charge is -2.32. The predicted octanol–water partition coefficient (Wildman–Crippen LogP) is 3.51. The number of aliphatic hydroxyl groups is 1. The summed E-state index contributed by atoms with van der Waals surface area (Å²) in [5.74, 6) is -0.0200. The standard InChI is InChI=1S/C20H30O4/c1-15(2)24-19(22)20(3,13-16-8-5-4-6-9-16)23-14-17-10-7-11-18(21)12-17/h4-6,8-9,15,17-18,21H,7,10-14H2,1-3H3/t17-,18+,20?/m1/s1. The highest BCUT2D eigenvalue weighted by Crippen LogP contribution is 2.28. The molecule has 1 N–H and O–H groups in total. The number of aliphatic hydroxyl groups excluding tert-OH is 1. The van der Waals surface area contributed by atoms with Crippen LogP contribution in [0.2, 0.25) is 0 Å². The molecule has 2 rings (SSSR count). The van der Waals surface area contributed by atoms with Crippen LogP contribution in [-0.2, 0) is 20.7 Å². The van der Waals surface area contributed by atoms with Crippen LogP contribution in [0.15, 0.2) is 30.3 Å². The lowest BCUT2D eigenvalue weighted by Crippen LogP contribution is -2.44. The van der Waals surface area contributed by atoms with Crippen molar-refractivity contribution in [2.45, 2.75) is 70.7 Å². The third kappa shape index (κ3) is 5.60. The molecule has 0 amide bonds. The number of ether oxygens (including phenoxy) is 2. The SMILES string of the molecule is CC(C)OC(=O)C(C)(Cc1ccccc1)OC[C@@H]1CCC[C@H](O)C1. The Kier molecular flexibility index (Phi) is 6.81. The Hall–Kier alpha value is -1.39. The minimum atomic E-state index is -1.01. The fourth-order valence-corrected chi connectivity index (χ4v) is 3.22. The van der Waals surface area contributed by atoms with Crippen LogP contribution in [0, 0.1) is 5.92 Å². The van der Waals surface area contributed by atoms with E-state index in [-0.39, 0.29) is 18.2 Å². The fourth-order valence-electron chi connectivity index (χ4n) is 3.22. The molecule has 1 aromatic carbocycles. The third-order valence-electron chi connectivity index (χ3n) is 4.55. The Morgan fingerprint density at radius 3 is 2.62 bits per heavy atom. The molecule has 0 bridgehead atoms. The monoisotopic (exact) mass is 334 g/mol. The quantitative estimate of drug-likeness (QED) is 0.775. The van der Waals surface area contributed by atoms with Crippen LogP contribution in [0.3, 0.4) is 0 Å². The van der Waals surface area contributed by atoms with Crippen LogP contribution in [0.4, 0.5) is 0 Å². The summed E-state index contributed by atoms with van der Waals surface area (Å²) >= 11 is 0. The molecule has 4 heteroatoms. The molecule has 1 aromatic rings. The van der Waals surface area contributed by atoms with E-state index in [4.69, 9.17) is 9.47 Å². The van der Waals surface area contributed by atoms with E-state index >= 15 is 0 Å². The van der Waals surface area contributed by atoms with Gasteiger partial charge in [0, 0.05) is 6.42 Å². The normalized spacial score (nSPS) is 23.7. The van der Waals surface area contributed by atoms with Crippen molar-refractivity contribution in [1.29, 1.82) is 0 Å². The van der Waals surface area contributed by atoms with Gasteiger partial charge in [0.1, 0.15) is 0 Å². The largest absolute Gasteiger partial charge is 0.461 e. The summed E-state index contributed by atoms with van der Waals surface area (Å²) in [6.45, 7) is 5.98. The van der Waals surface area contributed by atoms with Gasteiger partial charge < -0.3 is 14.6 Å². The first-order valence-corrected chi connectivity index (χ1v) is 8.96. The molecule has 0 aliphatic heterocycles. The van der Waals surface area contributed by atoms with Crippen LogP contribution < -0.4 is 0 Å². The number of carbonyl (C=O) groups excluding carboxylic acids is 1. The Labute approximate surface area is 145 Å². The summed E-state index contributed by atoms with van der Waals surface area (Å²) in [4.78, 5) is 12.6. The van der Waals surface area contributed by atoms with Crippen molar-refractivity contribution < 1.29 is 19.4 Å². The maximum atomic E-state index is 12.6. The Balaban J connectivity index is 2.05. The molecule has 1 aliphatic carbocycles. The maximum Gasteiger partial charge on any atom is 0.338 e. The molecule has 0 spiro atoms. The molecule has 0 radical (unpaired) electrons. The highest BCUT2D eigenvalue weighted by atomic mass is 16.6. The molecule has 1 fully saturated rings. The summed E-state index contributed by atoms with van der Waals surface area (Å²) in [5, 5.41) is 9.83. The molecule has 1 unspecified atom stereocenters. The lowest BCUT2D eigenvalue weighted by atomic mass is 9.87. The van der Waals surface area contributed by atoms with Crippen molar-refractivity contribution in [2.24, 2.45) is 5.92 Å². The van der Waals surface area contributed by atoms with E-state index in [0.29, 0.717) is 18.9 Å². The first-order chi connectivity index (χ1) is 11.4. The zero-order valence-electron chi connectivity index (χ0n) is 15.0. The maximum absolute atomic E-state index is 12.6. The molecule has 0 aromatic heterocycles. The van der Waals surface area contributed by atoms with E-state index < -0.39 is 5.60 Å². The summed E-state index contributed by atoms with van der Waals surface area (Å²) in [5.41, 5.74) is 0.0398. The molecule has 0 heterocycles. The number of hydrogen-bond donors (Lipinski definition) is 1. The van der Waals surface area contributed by atoms with Gasteiger partial charge in [-0.3, -0.25) is 0 Å². The van der Waals surface area contributed by atoms with E-state index in [2.05, 4.69) is 0 Å². The fraction of sp³-hybridized carbons (Fsp3) is 0.650. The molecular weight excluding hydrogens is 304 g/mol. The third-order valence-corrected chi connectivity index (χ3v) is 4.55. The van der Waals surface area contributed by atoms with Gasteiger partial charge in [-0.25, -0.2) is 4.79 Å². The zero-order valence-corrected chi connectivity index (χ0v) is 15.0. The topological polar surface area (TPSA) is 55.8 Å². The Bertz CT molecular complexity index is 514. The van der Waals surface area contributed by atoms with Crippen LogP contribution >= 0.6 is 0 Å². The van der Waals surface area contributed by atoms with Gasteiger partial charge in [-0.15, -0.1) is 0 Å². The minimum Gasteiger partial charge on any atom is -0.461 e. The van der Waals surface area contributed by atoms with E-state index in [1.807, 2.05) is 51.1 Å². The summed E-state index contributed by atoms with van der Waals surface area (Å²) in [6, 6.07) is 9.86. The van der Waals surface area contributed by atoms with Crippen LogP contribution in [0.1, 0.15) is 52.0 Å². The number of esters is 1. The molecule has 1 saturated carbocycles. The smallest absolute Gasteiger partial charge is 0.338 e. The molecule has 1 aliphatic rings. The molecular formula is C20H30O4. The van der Waals surface area contributed by atoms with Gasteiger partial charge in [0.25, 0.3) is 0 Å². The molecule has 4 nitrogen and oxygen atoms in total. The van der Waals surface area contributed by atoms with E-state index in [0.717, 1.165) is 31.2 Å². The predicted molar refractivity (Wildman–Crippen MR) is 93.7 cm³/mol. The highest BCUT2D eigenvalue weighted by Gasteiger charge is 2.38. The molecule has 134 valence electrons. The Morgan fingerprint density at radius 2 is 2.00 bits per heavy atom. The van der Waals surface area contributed by atoms with E-state index in [1.54, 1.807) is 0 Å². The van der Waals surface area contributed by atoms with Crippen LogP contribution in [-0.4, -0.2) is 35.5 Å². The Morgan fingerprint density at radius 1 is 1.29 bits per heavy atom. The number of rotatable bonds is 7.